The van der Waals surface area contributed by atoms with Crippen LogP contribution in [0, 0.1) is 25.7 Å². The van der Waals surface area contributed by atoms with Crippen LogP contribution in [0.1, 0.15) is 32.7 Å². The van der Waals surface area contributed by atoms with E-state index in [1.54, 1.807) is 41.5 Å². The quantitative estimate of drug-likeness (QED) is 0.628. The fourth-order valence-electron chi connectivity index (χ4n) is 2.65. The van der Waals surface area contributed by atoms with Crippen molar-refractivity contribution in [1.82, 2.24) is 14.5 Å². The molecule has 0 aliphatic carbocycles. The second-order valence-electron chi connectivity index (χ2n) is 6.62. The van der Waals surface area contributed by atoms with Crippen molar-refractivity contribution in [3.63, 3.8) is 0 Å². The molecule has 0 aliphatic rings. The SMILES string of the molecule is Cc1cc(C)cc(S(C)(=O)=NC(=O)c2cncc(C#Cc3cncn3C)c2)c1. The molecule has 3 aromatic rings. The zero-order valence-electron chi connectivity index (χ0n) is 16.1. The Hall–Kier alpha value is -3.24. The predicted molar refractivity (Wildman–Crippen MR) is 108 cm³/mol. The third kappa shape index (κ3) is 4.53. The minimum Gasteiger partial charge on any atom is -0.327 e. The molecule has 1 unspecified atom stereocenters. The molecule has 0 radical (unpaired) electrons. The summed E-state index contributed by atoms with van der Waals surface area (Å²) in [6.45, 7) is 3.84. The van der Waals surface area contributed by atoms with Gasteiger partial charge in [-0.05, 0) is 49.1 Å². The van der Waals surface area contributed by atoms with E-state index in [4.69, 9.17) is 0 Å². The molecule has 1 aromatic carbocycles. The Morgan fingerprint density at radius 2 is 1.75 bits per heavy atom. The van der Waals surface area contributed by atoms with Crippen molar-refractivity contribution in [2.75, 3.05) is 6.26 Å². The van der Waals surface area contributed by atoms with Gasteiger partial charge in [0.1, 0.15) is 5.69 Å². The summed E-state index contributed by atoms with van der Waals surface area (Å²) >= 11 is 0. The van der Waals surface area contributed by atoms with Gasteiger partial charge < -0.3 is 4.57 Å². The van der Waals surface area contributed by atoms with E-state index in [0.717, 1.165) is 16.8 Å². The van der Waals surface area contributed by atoms with Crippen LogP contribution in [0.3, 0.4) is 0 Å². The lowest BCUT2D eigenvalue weighted by atomic mass is 10.2. The number of nitrogens with zero attached hydrogens (tertiary/aromatic N) is 4. The van der Waals surface area contributed by atoms with E-state index in [1.807, 2.05) is 27.0 Å². The first-order valence-electron chi connectivity index (χ1n) is 8.53. The summed E-state index contributed by atoms with van der Waals surface area (Å²) in [5.74, 6) is 5.35. The highest BCUT2D eigenvalue weighted by atomic mass is 32.2. The number of hydrogen-bond donors (Lipinski definition) is 0. The van der Waals surface area contributed by atoms with Crippen LogP contribution in [0.25, 0.3) is 0 Å². The monoisotopic (exact) mass is 392 g/mol. The molecule has 7 heteroatoms. The van der Waals surface area contributed by atoms with Gasteiger partial charge in [0.25, 0.3) is 5.91 Å². The molecule has 0 aliphatic heterocycles. The van der Waals surface area contributed by atoms with Crippen LogP contribution in [-0.2, 0) is 16.8 Å². The van der Waals surface area contributed by atoms with Gasteiger partial charge in [-0.15, -0.1) is 0 Å². The number of hydrogen-bond acceptors (Lipinski definition) is 4. The lowest BCUT2D eigenvalue weighted by Crippen LogP contribution is -2.05. The molecule has 0 bridgehead atoms. The summed E-state index contributed by atoms with van der Waals surface area (Å²) in [4.78, 5) is 21.2. The Bertz CT molecular complexity index is 1220. The van der Waals surface area contributed by atoms with Crippen LogP contribution in [0.15, 0.2) is 58.4 Å². The van der Waals surface area contributed by atoms with E-state index in [9.17, 15) is 9.00 Å². The van der Waals surface area contributed by atoms with Gasteiger partial charge in [0.05, 0.1) is 27.8 Å². The molecule has 142 valence electrons. The molecule has 28 heavy (non-hydrogen) atoms. The number of pyridine rings is 1. The summed E-state index contributed by atoms with van der Waals surface area (Å²) < 4.78 is 18.8. The zero-order chi connectivity index (χ0) is 20.3. The molecular weight excluding hydrogens is 372 g/mol. The van der Waals surface area contributed by atoms with Gasteiger partial charge in [-0.1, -0.05) is 12.0 Å². The van der Waals surface area contributed by atoms with Gasteiger partial charge in [0.15, 0.2) is 0 Å². The van der Waals surface area contributed by atoms with Crippen molar-refractivity contribution < 1.29 is 9.00 Å². The first kappa shape index (κ1) is 19.5. The fourth-order valence-corrected chi connectivity index (χ4v) is 3.99. The van der Waals surface area contributed by atoms with Crippen molar-refractivity contribution in [2.45, 2.75) is 18.7 Å². The van der Waals surface area contributed by atoms with Crippen molar-refractivity contribution in [2.24, 2.45) is 11.4 Å². The van der Waals surface area contributed by atoms with Gasteiger partial charge in [-0.2, -0.15) is 4.36 Å². The number of carbonyl (C=O) groups excluding carboxylic acids is 1. The highest BCUT2D eigenvalue weighted by Gasteiger charge is 2.13. The highest BCUT2D eigenvalue weighted by molar-refractivity contribution is 7.93. The van der Waals surface area contributed by atoms with Crippen molar-refractivity contribution in [3.8, 4) is 11.8 Å². The molecular formula is C21H20N4O2S. The second kappa shape index (κ2) is 7.79. The lowest BCUT2D eigenvalue weighted by Gasteiger charge is -2.07. The Morgan fingerprint density at radius 3 is 2.39 bits per heavy atom. The van der Waals surface area contributed by atoms with E-state index in [0.29, 0.717) is 10.5 Å². The molecule has 0 saturated carbocycles. The molecule has 0 spiro atoms. The second-order valence-corrected chi connectivity index (χ2v) is 8.88. The van der Waals surface area contributed by atoms with Crippen LogP contribution < -0.4 is 0 Å². The van der Waals surface area contributed by atoms with Gasteiger partial charge in [-0.3, -0.25) is 9.78 Å². The number of aromatic nitrogens is 3. The zero-order valence-corrected chi connectivity index (χ0v) is 16.9. The van der Waals surface area contributed by atoms with Crippen LogP contribution in [0.4, 0.5) is 0 Å². The fraction of sp³-hybridized carbons (Fsp3) is 0.190. The van der Waals surface area contributed by atoms with Crippen LogP contribution >= 0.6 is 0 Å². The number of rotatable bonds is 2. The van der Waals surface area contributed by atoms with Crippen molar-refractivity contribution >= 4 is 15.6 Å². The molecule has 1 amide bonds. The molecule has 2 aromatic heterocycles. The van der Waals surface area contributed by atoms with Crippen LogP contribution in [0.5, 0.6) is 0 Å². The number of benzene rings is 1. The minimum atomic E-state index is -2.87. The third-order valence-electron chi connectivity index (χ3n) is 4.03. The average molecular weight is 392 g/mol. The first-order valence-corrected chi connectivity index (χ1v) is 10.4. The summed E-state index contributed by atoms with van der Waals surface area (Å²) in [5.41, 5.74) is 3.50. The normalized spacial score (nSPS) is 12.6. The van der Waals surface area contributed by atoms with Crippen molar-refractivity contribution in [1.29, 1.82) is 0 Å². The Kier molecular flexibility index (Phi) is 5.43. The van der Waals surface area contributed by atoms with E-state index in [2.05, 4.69) is 26.2 Å². The number of carbonyl (C=O) groups is 1. The highest BCUT2D eigenvalue weighted by Crippen LogP contribution is 2.17. The van der Waals surface area contributed by atoms with E-state index in [-0.39, 0.29) is 5.56 Å². The van der Waals surface area contributed by atoms with E-state index in [1.165, 1.54) is 12.5 Å². The summed E-state index contributed by atoms with van der Waals surface area (Å²) in [5, 5.41) is 0. The molecule has 2 heterocycles. The van der Waals surface area contributed by atoms with Crippen molar-refractivity contribution in [3.05, 3.63) is 77.1 Å². The largest absolute Gasteiger partial charge is 0.327 e. The molecule has 6 nitrogen and oxygen atoms in total. The predicted octanol–water partition coefficient (Wildman–Crippen LogP) is 3.13. The minimum absolute atomic E-state index is 0.246. The van der Waals surface area contributed by atoms with Crippen LogP contribution in [0.2, 0.25) is 0 Å². The lowest BCUT2D eigenvalue weighted by molar-refractivity contribution is 0.100. The molecule has 0 saturated heterocycles. The molecule has 0 N–H and O–H groups in total. The maximum Gasteiger partial charge on any atom is 0.286 e. The van der Waals surface area contributed by atoms with Gasteiger partial charge in [-0.25, -0.2) is 9.19 Å². The topological polar surface area (TPSA) is 77.2 Å². The number of imidazole rings is 1. The Morgan fingerprint density at radius 1 is 1.04 bits per heavy atom. The smallest absolute Gasteiger partial charge is 0.286 e. The summed E-state index contributed by atoms with van der Waals surface area (Å²) in [6.07, 6.45) is 7.75. The first-order chi connectivity index (χ1) is 13.2. The van der Waals surface area contributed by atoms with E-state index >= 15 is 0 Å². The molecule has 0 fully saturated rings. The molecule has 3 rings (SSSR count). The maximum atomic E-state index is 13.0. The Balaban J connectivity index is 1.93. The maximum absolute atomic E-state index is 13.0. The number of aryl methyl sites for hydroxylation is 3. The standard InChI is InChI=1S/C21H20N4O2S/c1-15-7-16(2)9-20(8-15)28(4,27)24-21(26)18-10-17(11-22-12-18)5-6-19-13-23-14-25(19)3/h7-14H,1-4H3. The molecule has 1 atom stereocenters. The average Bonchev–Trinajstić information content (AvgIpc) is 3.04. The van der Waals surface area contributed by atoms with E-state index < -0.39 is 15.6 Å². The third-order valence-corrected chi connectivity index (χ3v) is 5.65. The Labute approximate surface area is 164 Å². The van der Waals surface area contributed by atoms with Gasteiger partial charge in [0, 0.05) is 36.2 Å². The van der Waals surface area contributed by atoms with Gasteiger partial charge in [0.2, 0.25) is 0 Å². The summed E-state index contributed by atoms with van der Waals surface area (Å²) in [7, 11) is -1.02. The van der Waals surface area contributed by atoms with Crippen LogP contribution in [-0.4, -0.2) is 30.9 Å². The number of amides is 1. The van der Waals surface area contributed by atoms with Gasteiger partial charge >= 0.3 is 0 Å². The summed E-state index contributed by atoms with van der Waals surface area (Å²) in [6, 6.07) is 7.16.